The lowest BCUT2D eigenvalue weighted by atomic mass is 10.2. The Bertz CT molecular complexity index is 672. The van der Waals surface area contributed by atoms with Crippen LogP contribution >= 0.6 is 15.9 Å². The molecule has 0 amide bonds. The van der Waals surface area contributed by atoms with Crippen molar-refractivity contribution in [3.8, 4) is 11.3 Å². The summed E-state index contributed by atoms with van der Waals surface area (Å²) in [4.78, 5) is 11.7. The minimum atomic E-state index is -0.583. The molecule has 0 spiro atoms. The zero-order valence-corrected chi connectivity index (χ0v) is 14.7. The number of carbonyl (C=O) groups is 1. The van der Waals surface area contributed by atoms with Crippen molar-refractivity contribution in [2.45, 2.75) is 26.5 Å². The van der Waals surface area contributed by atoms with Crippen molar-refractivity contribution in [2.75, 3.05) is 18.9 Å². The van der Waals surface area contributed by atoms with Gasteiger partial charge in [0.1, 0.15) is 5.82 Å². The van der Waals surface area contributed by atoms with Gasteiger partial charge in [0.25, 0.3) is 0 Å². The highest BCUT2D eigenvalue weighted by Crippen LogP contribution is 2.26. The van der Waals surface area contributed by atoms with E-state index in [1.165, 1.54) is 4.68 Å². The Labute approximate surface area is 143 Å². The maximum absolute atomic E-state index is 11.7. The van der Waals surface area contributed by atoms with Crippen LogP contribution in [0.3, 0.4) is 0 Å². The van der Waals surface area contributed by atoms with Crippen molar-refractivity contribution in [1.82, 2.24) is 9.78 Å². The van der Waals surface area contributed by atoms with Gasteiger partial charge in [-0.15, -0.1) is 0 Å². The molecule has 2 rings (SSSR count). The summed E-state index contributed by atoms with van der Waals surface area (Å²) in [6, 6.07) is 9.52. The second-order valence-electron chi connectivity index (χ2n) is 4.83. The van der Waals surface area contributed by atoms with E-state index >= 15 is 0 Å². The van der Waals surface area contributed by atoms with E-state index < -0.39 is 6.23 Å². The van der Waals surface area contributed by atoms with Crippen molar-refractivity contribution in [1.29, 1.82) is 0 Å². The second-order valence-corrected chi connectivity index (χ2v) is 5.74. The van der Waals surface area contributed by atoms with Gasteiger partial charge in [0.05, 0.1) is 18.7 Å². The fourth-order valence-corrected chi connectivity index (χ4v) is 2.60. The van der Waals surface area contributed by atoms with Gasteiger partial charge in [0, 0.05) is 22.7 Å². The summed E-state index contributed by atoms with van der Waals surface area (Å²) in [5.41, 5.74) is 7.70. The Kier molecular flexibility index (Phi) is 6.18. The minimum absolute atomic E-state index is 0.0610. The summed E-state index contributed by atoms with van der Waals surface area (Å²) in [6.07, 6.45) is -0.522. The number of nitrogens with two attached hydrogens (primary N) is 1. The average Bonchev–Trinajstić information content (AvgIpc) is 2.89. The van der Waals surface area contributed by atoms with Gasteiger partial charge in [-0.25, -0.2) is 4.68 Å². The molecule has 0 aliphatic heterocycles. The van der Waals surface area contributed by atoms with E-state index in [1.807, 2.05) is 31.2 Å². The molecular formula is C16H20BrN3O3. The van der Waals surface area contributed by atoms with Gasteiger partial charge < -0.3 is 15.2 Å². The molecule has 1 aromatic heterocycles. The topological polar surface area (TPSA) is 79.4 Å². The molecular weight excluding hydrogens is 362 g/mol. The van der Waals surface area contributed by atoms with Crippen LogP contribution in [0.2, 0.25) is 0 Å². The molecule has 0 radical (unpaired) electrons. The van der Waals surface area contributed by atoms with Crippen LogP contribution in [0.15, 0.2) is 34.8 Å². The number of anilines is 1. The Morgan fingerprint density at radius 2 is 2.13 bits per heavy atom. The molecule has 23 heavy (non-hydrogen) atoms. The van der Waals surface area contributed by atoms with Crippen LogP contribution in [-0.2, 0) is 14.3 Å². The molecule has 7 heteroatoms. The third-order valence-electron chi connectivity index (χ3n) is 3.16. The van der Waals surface area contributed by atoms with E-state index in [-0.39, 0.29) is 12.4 Å². The number of carbonyl (C=O) groups excluding carboxylic acids is 1. The van der Waals surface area contributed by atoms with E-state index in [1.54, 1.807) is 13.0 Å². The number of hydrogen-bond acceptors (Lipinski definition) is 5. The van der Waals surface area contributed by atoms with Crippen LogP contribution in [0.4, 0.5) is 5.82 Å². The van der Waals surface area contributed by atoms with Gasteiger partial charge in [-0.2, -0.15) is 5.10 Å². The SMILES string of the molecule is CCOC(=O)CC(OCC)n1nc(-c2cccc(Br)c2)cc1N. The van der Waals surface area contributed by atoms with Gasteiger partial charge in [0.2, 0.25) is 0 Å². The van der Waals surface area contributed by atoms with Crippen molar-refractivity contribution in [3.05, 3.63) is 34.8 Å². The molecule has 2 N–H and O–H groups in total. The average molecular weight is 382 g/mol. The highest BCUT2D eigenvalue weighted by atomic mass is 79.9. The lowest BCUT2D eigenvalue weighted by Gasteiger charge is -2.17. The molecule has 0 fully saturated rings. The van der Waals surface area contributed by atoms with Gasteiger partial charge >= 0.3 is 5.97 Å². The van der Waals surface area contributed by atoms with E-state index in [2.05, 4.69) is 21.0 Å². The largest absolute Gasteiger partial charge is 0.466 e. The molecule has 6 nitrogen and oxygen atoms in total. The Morgan fingerprint density at radius 3 is 2.78 bits per heavy atom. The molecule has 1 heterocycles. The number of hydrogen-bond donors (Lipinski definition) is 1. The number of halogens is 1. The van der Waals surface area contributed by atoms with Crippen molar-refractivity contribution >= 4 is 27.7 Å². The Balaban J connectivity index is 2.28. The van der Waals surface area contributed by atoms with E-state index in [9.17, 15) is 4.79 Å². The number of ether oxygens (including phenoxy) is 2. The first kappa shape index (κ1) is 17.5. The molecule has 124 valence electrons. The lowest BCUT2D eigenvalue weighted by molar-refractivity contribution is -0.148. The summed E-state index contributed by atoms with van der Waals surface area (Å²) in [5, 5.41) is 4.49. The Hall–Kier alpha value is -1.86. The van der Waals surface area contributed by atoms with Crippen LogP contribution in [-0.4, -0.2) is 29.0 Å². The maximum Gasteiger partial charge on any atom is 0.310 e. The number of rotatable bonds is 7. The van der Waals surface area contributed by atoms with Gasteiger partial charge in [0.15, 0.2) is 6.23 Å². The highest BCUT2D eigenvalue weighted by molar-refractivity contribution is 9.10. The first-order valence-electron chi connectivity index (χ1n) is 7.43. The zero-order valence-electron chi connectivity index (χ0n) is 13.2. The van der Waals surface area contributed by atoms with E-state index in [4.69, 9.17) is 15.2 Å². The van der Waals surface area contributed by atoms with Crippen LogP contribution < -0.4 is 5.73 Å². The van der Waals surface area contributed by atoms with Crippen LogP contribution in [0.5, 0.6) is 0 Å². The third kappa shape index (κ3) is 4.56. The fourth-order valence-electron chi connectivity index (χ4n) is 2.20. The molecule has 1 aromatic carbocycles. The summed E-state index contributed by atoms with van der Waals surface area (Å²) >= 11 is 3.44. The van der Waals surface area contributed by atoms with Crippen LogP contribution in [0.25, 0.3) is 11.3 Å². The van der Waals surface area contributed by atoms with Crippen molar-refractivity contribution in [2.24, 2.45) is 0 Å². The lowest BCUT2D eigenvalue weighted by Crippen LogP contribution is -2.21. The van der Waals surface area contributed by atoms with Crippen molar-refractivity contribution < 1.29 is 14.3 Å². The molecule has 0 saturated carbocycles. The molecule has 2 aromatic rings. The summed E-state index contributed by atoms with van der Waals surface area (Å²) in [5.74, 6) is 0.0904. The maximum atomic E-state index is 11.7. The second kappa shape index (κ2) is 8.12. The molecule has 0 aliphatic rings. The first-order valence-corrected chi connectivity index (χ1v) is 8.22. The van der Waals surface area contributed by atoms with E-state index in [0.29, 0.717) is 19.0 Å². The van der Waals surface area contributed by atoms with Gasteiger partial charge in [-0.3, -0.25) is 4.79 Å². The summed E-state index contributed by atoms with van der Waals surface area (Å²) in [7, 11) is 0. The fraction of sp³-hybridized carbons (Fsp3) is 0.375. The number of nitrogen functional groups attached to an aromatic ring is 1. The van der Waals surface area contributed by atoms with Gasteiger partial charge in [-0.05, 0) is 26.0 Å². The minimum Gasteiger partial charge on any atom is -0.466 e. The van der Waals surface area contributed by atoms with E-state index in [0.717, 1.165) is 15.7 Å². The third-order valence-corrected chi connectivity index (χ3v) is 3.66. The quantitative estimate of drug-likeness (QED) is 0.743. The zero-order chi connectivity index (χ0) is 16.8. The number of nitrogens with zero attached hydrogens (tertiary/aromatic N) is 2. The molecule has 0 saturated heterocycles. The monoisotopic (exact) mass is 381 g/mol. The predicted molar refractivity (Wildman–Crippen MR) is 91.7 cm³/mol. The van der Waals surface area contributed by atoms with Gasteiger partial charge in [-0.1, -0.05) is 28.1 Å². The van der Waals surface area contributed by atoms with Crippen LogP contribution in [0.1, 0.15) is 26.5 Å². The highest BCUT2D eigenvalue weighted by Gasteiger charge is 2.21. The number of aromatic nitrogens is 2. The predicted octanol–water partition coefficient (Wildman–Crippen LogP) is 3.38. The number of esters is 1. The smallest absolute Gasteiger partial charge is 0.310 e. The molecule has 0 aliphatic carbocycles. The molecule has 1 atom stereocenters. The van der Waals surface area contributed by atoms with Crippen molar-refractivity contribution in [3.63, 3.8) is 0 Å². The number of benzene rings is 1. The molecule has 1 unspecified atom stereocenters. The normalized spacial score (nSPS) is 12.1. The van der Waals surface area contributed by atoms with Crippen LogP contribution in [0, 0.1) is 0 Å². The Morgan fingerprint density at radius 1 is 1.35 bits per heavy atom. The summed E-state index contributed by atoms with van der Waals surface area (Å²) in [6.45, 7) is 4.39. The standard InChI is InChI=1S/C16H20BrN3O3/c1-3-22-15(10-16(21)23-4-2)20-14(18)9-13(19-20)11-6-5-7-12(17)8-11/h5-9,15H,3-4,10,18H2,1-2H3. The first-order chi connectivity index (χ1) is 11.0. The summed E-state index contributed by atoms with van der Waals surface area (Å²) < 4.78 is 13.1. The molecule has 0 bridgehead atoms.